The molecule has 3 fully saturated rings. The van der Waals surface area contributed by atoms with Crippen LogP contribution in [0.4, 0.5) is 10.5 Å². The molecule has 7 amide bonds. The summed E-state index contributed by atoms with van der Waals surface area (Å²) in [6.07, 6.45) is 7.36. The van der Waals surface area contributed by atoms with Crippen molar-refractivity contribution in [3.63, 3.8) is 0 Å². The Kier molecular flexibility index (Phi) is 19.2. The Morgan fingerprint density at radius 1 is 0.787 bits per heavy atom. The van der Waals surface area contributed by atoms with Gasteiger partial charge in [0, 0.05) is 47.4 Å². The molecule has 1 aliphatic heterocycles. The summed E-state index contributed by atoms with van der Waals surface area (Å²) in [7, 11) is 0. The molecule has 406 valence electrons. The maximum atomic E-state index is 13.9. The van der Waals surface area contributed by atoms with Gasteiger partial charge in [0.25, 0.3) is 11.8 Å². The number of Topliss-reactive ketones (excluding diaryl/α,β-unsaturated/α-hetero) is 2. The van der Waals surface area contributed by atoms with E-state index in [0.717, 1.165) is 10.5 Å². The van der Waals surface area contributed by atoms with E-state index in [1.165, 1.54) is 56.3 Å². The van der Waals surface area contributed by atoms with Gasteiger partial charge in [-0.05, 0) is 81.2 Å². The van der Waals surface area contributed by atoms with Gasteiger partial charge in [0.1, 0.15) is 36.1 Å². The first kappa shape index (κ1) is 57.3. The Bertz CT molecular complexity index is 2490. The zero-order chi connectivity index (χ0) is 54.7. The van der Waals surface area contributed by atoms with E-state index in [-0.39, 0.29) is 119 Å². The van der Waals surface area contributed by atoms with Gasteiger partial charge in [0.2, 0.25) is 35.3 Å². The molecule has 0 saturated heterocycles. The Labute approximate surface area is 433 Å². The van der Waals surface area contributed by atoms with Gasteiger partial charge in [-0.2, -0.15) is 0 Å². The molecule has 1 aromatic carbocycles. The lowest BCUT2D eigenvalue weighted by Gasteiger charge is -2.56. The highest BCUT2D eigenvalue weighted by Crippen LogP contribution is 2.66. The van der Waals surface area contributed by atoms with Crippen molar-refractivity contribution < 1.29 is 81.5 Å². The number of anilines is 1. The average molecular weight is 1050 g/mol. The van der Waals surface area contributed by atoms with Crippen LogP contribution in [-0.4, -0.2) is 151 Å². The predicted octanol–water partition coefficient (Wildman–Crippen LogP) is 0.800. The molecule has 7 N–H and O–H groups in total. The third kappa shape index (κ3) is 13.9. The van der Waals surface area contributed by atoms with Crippen LogP contribution in [0.2, 0.25) is 0 Å². The molecule has 9 atom stereocenters. The van der Waals surface area contributed by atoms with E-state index >= 15 is 0 Å². The van der Waals surface area contributed by atoms with Gasteiger partial charge >= 0.3 is 6.16 Å². The van der Waals surface area contributed by atoms with Crippen LogP contribution < -0.4 is 27.0 Å². The third-order valence-electron chi connectivity index (χ3n) is 14.9. The van der Waals surface area contributed by atoms with E-state index in [0.29, 0.717) is 24.8 Å². The molecule has 0 aromatic heterocycles. The molecule has 75 heavy (non-hydrogen) atoms. The lowest BCUT2D eigenvalue weighted by Crippen LogP contribution is -2.60. The Balaban J connectivity index is 0.860. The molecule has 3 saturated carbocycles. The normalized spacial score (nSPS) is 25.7. The number of carbonyl (C=O) groups excluding carboxylic acids is 11. The Hall–Kier alpha value is -6.95. The summed E-state index contributed by atoms with van der Waals surface area (Å²) in [4.78, 5) is 140. The number of rotatable bonds is 26. The molecule has 1 aromatic rings. The van der Waals surface area contributed by atoms with Crippen LogP contribution in [0.1, 0.15) is 78.2 Å². The minimum Gasteiger partial charge on any atom is -0.429 e. The van der Waals surface area contributed by atoms with Gasteiger partial charge in [-0.25, -0.2) is 4.79 Å². The second-order valence-corrected chi connectivity index (χ2v) is 19.9. The fourth-order valence-corrected chi connectivity index (χ4v) is 10.8. The van der Waals surface area contributed by atoms with Crippen LogP contribution in [-0.2, 0) is 78.2 Å². The van der Waals surface area contributed by atoms with E-state index in [2.05, 4.69) is 21.3 Å². The highest BCUT2D eigenvalue weighted by atomic mass is 16.7. The molecular formula is C52H66N6O17. The summed E-state index contributed by atoms with van der Waals surface area (Å²) in [5, 5.41) is 21.8. The SMILES string of the molecule is C[C@H](NC(=O)CCOCCOCCOCCN1C(=O)C=CC1=O)C(=O)N[C@@H](C)C(=O)NC(CC(N)=O)C(=O)Nc1ccc(COC(=O)OCC(=O)C2(O)CCC3[C@H]4CCC5=CC(=O)C=C[C@@]5(C)C4C(=O)C[C@]32C)cc1. The Morgan fingerprint density at radius 2 is 1.41 bits per heavy atom. The summed E-state index contributed by atoms with van der Waals surface area (Å²) in [5.74, 6) is -6.07. The number of amides is 7. The molecule has 5 aliphatic rings. The van der Waals surface area contributed by atoms with Crippen LogP contribution in [0.15, 0.2) is 60.2 Å². The maximum absolute atomic E-state index is 13.9. The molecule has 4 unspecified atom stereocenters. The van der Waals surface area contributed by atoms with Gasteiger partial charge in [0.15, 0.2) is 12.4 Å². The first-order valence-corrected chi connectivity index (χ1v) is 24.9. The van der Waals surface area contributed by atoms with E-state index in [1.54, 1.807) is 13.0 Å². The van der Waals surface area contributed by atoms with Gasteiger partial charge in [-0.15, -0.1) is 0 Å². The molecule has 23 heteroatoms. The molecule has 0 radical (unpaired) electrons. The number of fused-ring (bicyclic) bond motifs is 5. The quantitative estimate of drug-likeness (QED) is 0.0425. The van der Waals surface area contributed by atoms with Gasteiger partial charge in [0.05, 0.1) is 52.6 Å². The number of nitrogens with two attached hydrogens (primary N) is 1. The van der Waals surface area contributed by atoms with E-state index in [1.807, 2.05) is 13.0 Å². The number of aliphatic hydroxyl groups is 1. The molecule has 23 nitrogen and oxygen atoms in total. The number of allylic oxidation sites excluding steroid dienone is 4. The Morgan fingerprint density at radius 3 is 2.08 bits per heavy atom. The number of carbonyl (C=O) groups is 11. The van der Waals surface area contributed by atoms with Crippen molar-refractivity contribution in [2.24, 2.45) is 34.3 Å². The topological polar surface area (TPSA) is 332 Å². The second kappa shape index (κ2) is 25.1. The standard InChI is InChI=1S/C52H66N6O17/c1-30(54-42(63)15-19-71-21-23-73-24-22-72-20-18-58-43(64)11-12-44(58)65)46(66)55-31(2)47(67)57-38(26-41(53)62)48(68)56-34-8-5-32(6-9-34)28-74-49(69)75-29-40(61)52(70)17-14-37-36-10-7-33-25-35(59)13-16-50(33,3)45(36)39(60)27-51(37,52)4/h5-6,8-9,11-13,16,25,30-31,36-38,45,70H,7,10,14-15,17-24,26-29H2,1-4H3,(H2,53,62)(H,54,63)(H,55,66)(H,56,68)(H,57,67)/t30-,31-,36+,37?,38?,45?,50+,51+,52?/m0/s1. The minimum atomic E-state index is -1.92. The smallest absolute Gasteiger partial charge is 0.429 e. The highest BCUT2D eigenvalue weighted by Gasteiger charge is 2.68. The van der Waals surface area contributed by atoms with Crippen LogP contribution in [0.3, 0.4) is 0 Å². The highest BCUT2D eigenvalue weighted by molar-refractivity contribution is 6.13. The first-order chi connectivity index (χ1) is 35.6. The monoisotopic (exact) mass is 1050 g/mol. The molecule has 4 aliphatic carbocycles. The number of nitrogens with one attached hydrogen (secondary N) is 4. The number of ketones is 3. The maximum Gasteiger partial charge on any atom is 0.509 e. The average Bonchev–Trinajstić information content (AvgIpc) is 3.83. The number of imide groups is 1. The summed E-state index contributed by atoms with van der Waals surface area (Å²) >= 11 is 0. The summed E-state index contributed by atoms with van der Waals surface area (Å²) in [5.41, 5.74) is 3.37. The molecule has 6 rings (SSSR count). The number of ether oxygens (including phenoxy) is 5. The number of hydrogen-bond donors (Lipinski definition) is 6. The predicted molar refractivity (Wildman–Crippen MR) is 262 cm³/mol. The van der Waals surface area contributed by atoms with Crippen molar-refractivity contribution in [3.05, 3.63) is 65.8 Å². The van der Waals surface area contributed by atoms with Crippen molar-refractivity contribution in [2.75, 3.05) is 58.1 Å². The molecule has 1 heterocycles. The van der Waals surface area contributed by atoms with Crippen molar-refractivity contribution >= 4 is 70.5 Å². The van der Waals surface area contributed by atoms with Crippen molar-refractivity contribution in [1.29, 1.82) is 0 Å². The number of primary amides is 1. The van der Waals surface area contributed by atoms with Gasteiger partial charge in [-0.1, -0.05) is 37.6 Å². The van der Waals surface area contributed by atoms with Gasteiger partial charge < -0.3 is 55.8 Å². The number of benzene rings is 1. The van der Waals surface area contributed by atoms with Gasteiger partial charge in [-0.3, -0.25) is 52.8 Å². The fraction of sp³-hybridized carbons (Fsp3) is 0.558. The molecular weight excluding hydrogens is 981 g/mol. The van der Waals surface area contributed by atoms with E-state index in [9.17, 15) is 57.8 Å². The largest absolute Gasteiger partial charge is 0.509 e. The summed E-state index contributed by atoms with van der Waals surface area (Å²) in [6, 6.07) is 2.19. The lowest BCUT2D eigenvalue weighted by atomic mass is 9.46. The zero-order valence-electron chi connectivity index (χ0n) is 42.5. The van der Waals surface area contributed by atoms with E-state index in [4.69, 9.17) is 29.4 Å². The fourth-order valence-electron chi connectivity index (χ4n) is 10.8. The minimum absolute atomic E-state index is 0.0278. The van der Waals surface area contributed by atoms with E-state index < -0.39 is 89.1 Å². The second-order valence-electron chi connectivity index (χ2n) is 19.9. The van der Waals surface area contributed by atoms with Crippen molar-refractivity contribution in [3.8, 4) is 0 Å². The van der Waals surface area contributed by atoms with Crippen LogP contribution in [0.25, 0.3) is 0 Å². The zero-order valence-corrected chi connectivity index (χ0v) is 42.5. The summed E-state index contributed by atoms with van der Waals surface area (Å²) in [6.45, 7) is 6.59. The van der Waals surface area contributed by atoms with Crippen molar-refractivity contribution in [1.82, 2.24) is 20.9 Å². The lowest BCUT2D eigenvalue weighted by molar-refractivity contribution is -0.169. The van der Waals surface area contributed by atoms with Crippen molar-refractivity contribution in [2.45, 2.75) is 103 Å². The van der Waals surface area contributed by atoms with Crippen LogP contribution in [0, 0.1) is 28.6 Å². The molecule has 0 bridgehead atoms. The summed E-state index contributed by atoms with van der Waals surface area (Å²) < 4.78 is 26.5. The number of hydrogen-bond acceptors (Lipinski definition) is 17. The number of nitrogens with zero attached hydrogens (tertiary/aromatic N) is 1. The molecule has 0 spiro atoms. The van der Waals surface area contributed by atoms with Crippen LogP contribution in [0.5, 0.6) is 0 Å². The first-order valence-electron chi connectivity index (χ1n) is 24.9. The third-order valence-corrected chi connectivity index (χ3v) is 14.9. The van der Waals surface area contributed by atoms with Crippen LogP contribution >= 0.6 is 0 Å².